The Morgan fingerprint density at radius 3 is 2.84 bits per heavy atom. The minimum atomic E-state index is 0.599. The molecule has 0 saturated heterocycles. The lowest BCUT2D eigenvalue weighted by atomic mass is 10.1. The van der Waals surface area contributed by atoms with Crippen molar-refractivity contribution in [1.29, 1.82) is 0 Å². The molecule has 0 aliphatic carbocycles. The first kappa shape index (κ1) is 13.5. The SMILES string of the molecule is COc1cccc(CCc2nc(CCN)n(C)n2)c1. The summed E-state index contributed by atoms with van der Waals surface area (Å²) in [5.74, 6) is 2.70. The van der Waals surface area contributed by atoms with Crippen LogP contribution in [0.2, 0.25) is 0 Å². The number of benzene rings is 1. The van der Waals surface area contributed by atoms with E-state index < -0.39 is 0 Å². The van der Waals surface area contributed by atoms with Crippen molar-refractivity contribution in [1.82, 2.24) is 14.8 Å². The first-order chi connectivity index (χ1) is 9.22. The first-order valence-electron chi connectivity index (χ1n) is 6.44. The Balaban J connectivity index is 1.99. The van der Waals surface area contributed by atoms with Crippen molar-refractivity contribution in [2.24, 2.45) is 12.8 Å². The quantitative estimate of drug-likeness (QED) is 0.845. The Kier molecular flexibility index (Phi) is 4.52. The van der Waals surface area contributed by atoms with E-state index in [1.54, 1.807) is 7.11 Å². The van der Waals surface area contributed by atoms with E-state index >= 15 is 0 Å². The van der Waals surface area contributed by atoms with E-state index in [0.29, 0.717) is 6.54 Å². The zero-order chi connectivity index (χ0) is 13.7. The molecule has 19 heavy (non-hydrogen) atoms. The standard InChI is InChI=1S/C14H20N4O/c1-18-14(8-9-15)16-13(17-18)7-6-11-4-3-5-12(10-11)19-2/h3-5,10H,6-9,15H2,1-2H3. The Bertz CT molecular complexity index is 536. The number of aromatic nitrogens is 3. The molecule has 0 atom stereocenters. The summed E-state index contributed by atoms with van der Waals surface area (Å²) in [6, 6.07) is 8.08. The van der Waals surface area contributed by atoms with Crippen LogP contribution in [0.5, 0.6) is 5.75 Å². The molecule has 1 aromatic carbocycles. The van der Waals surface area contributed by atoms with Gasteiger partial charge in [-0.1, -0.05) is 12.1 Å². The third kappa shape index (κ3) is 3.54. The molecule has 0 fully saturated rings. The van der Waals surface area contributed by atoms with Crippen LogP contribution < -0.4 is 10.5 Å². The molecule has 0 aliphatic heterocycles. The second kappa shape index (κ2) is 6.33. The predicted octanol–water partition coefficient (Wildman–Crippen LogP) is 1.11. The number of methoxy groups -OCH3 is 1. The summed E-state index contributed by atoms with van der Waals surface area (Å²) in [5, 5.41) is 4.41. The van der Waals surface area contributed by atoms with Crippen LogP contribution in [-0.2, 0) is 26.3 Å². The van der Waals surface area contributed by atoms with E-state index in [0.717, 1.165) is 36.7 Å². The maximum absolute atomic E-state index is 5.54. The average molecular weight is 260 g/mol. The number of rotatable bonds is 6. The second-order valence-corrected chi connectivity index (χ2v) is 4.46. The summed E-state index contributed by atoms with van der Waals surface area (Å²) in [4.78, 5) is 4.50. The fraction of sp³-hybridized carbons (Fsp3) is 0.429. The Morgan fingerprint density at radius 1 is 1.26 bits per heavy atom. The van der Waals surface area contributed by atoms with Crippen LogP contribution in [-0.4, -0.2) is 28.4 Å². The van der Waals surface area contributed by atoms with Crippen LogP contribution in [0.1, 0.15) is 17.2 Å². The van der Waals surface area contributed by atoms with Crippen molar-refractivity contribution < 1.29 is 4.74 Å². The van der Waals surface area contributed by atoms with Gasteiger partial charge in [-0.15, -0.1) is 0 Å². The number of nitrogens with zero attached hydrogens (tertiary/aromatic N) is 3. The van der Waals surface area contributed by atoms with Crippen molar-refractivity contribution in [3.8, 4) is 5.75 Å². The lowest BCUT2D eigenvalue weighted by Crippen LogP contribution is -2.08. The van der Waals surface area contributed by atoms with Crippen LogP contribution in [0.3, 0.4) is 0 Å². The zero-order valence-electron chi connectivity index (χ0n) is 11.5. The van der Waals surface area contributed by atoms with Crippen molar-refractivity contribution in [2.75, 3.05) is 13.7 Å². The largest absolute Gasteiger partial charge is 0.497 e. The number of ether oxygens (including phenoxy) is 1. The number of nitrogens with two attached hydrogens (primary N) is 1. The highest BCUT2D eigenvalue weighted by Crippen LogP contribution is 2.14. The zero-order valence-corrected chi connectivity index (χ0v) is 11.5. The van der Waals surface area contributed by atoms with Gasteiger partial charge in [-0.2, -0.15) is 5.10 Å². The Hall–Kier alpha value is -1.88. The van der Waals surface area contributed by atoms with Gasteiger partial charge in [-0.3, -0.25) is 4.68 Å². The molecule has 0 amide bonds. The van der Waals surface area contributed by atoms with Gasteiger partial charge in [0.25, 0.3) is 0 Å². The van der Waals surface area contributed by atoms with Crippen molar-refractivity contribution in [3.63, 3.8) is 0 Å². The van der Waals surface area contributed by atoms with Gasteiger partial charge in [0.05, 0.1) is 7.11 Å². The Labute approximate surface area is 113 Å². The molecule has 5 heteroatoms. The second-order valence-electron chi connectivity index (χ2n) is 4.46. The van der Waals surface area contributed by atoms with E-state index in [1.807, 2.05) is 29.9 Å². The van der Waals surface area contributed by atoms with E-state index in [-0.39, 0.29) is 0 Å². The molecular weight excluding hydrogens is 240 g/mol. The van der Waals surface area contributed by atoms with Crippen LogP contribution in [0.25, 0.3) is 0 Å². The maximum Gasteiger partial charge on any atom is 0.151 e. The van der Waals surface area contributed by atoms with Gasteiger partial charge in [0.2, 0.25) is 0 Å². The molecule has 1 heterocycles. The molecule has 102 valence electrons. The van der Waals surface area contributed by atoms with Gasteiger partial charge in [0.1, 0.15) is 11.6 Å². The fourth-order valence-electron chi connectivity index (χ4n) is 2.01. The van der Waals surface area contributed by atoms with Gasteiger partial charge in [-0.05, 0) is 30.7 Å². The number of hydrogen-bond acceptors (Lipinski definition) is 4. The molecule has 5 nitrogen and oxygen atoms in total. The summed E-state index contributed by atoms with van der Waals surface area (Å²) < 4.78 is 7.03. The normalized spacial score (nSPS) is 10.7. The van der Waals surface area contributed by atoms with E-state index in [2.05, 4.69) is 16.1 Å². The van der Waals surface area contributed by atoms with Gasteiger partial charge in [-0.25, -0.2) is 4.98 Å². The van der Waals surface area contributed by atoms with E-state index in [9.17, 15) is 0 Å². The van der Waals surface area contributed by atoms with Gasteiger partial charge in [0, 0.05) is 19.9 Å². The van der Waals surface area contributed by atoms with Crippen LogP contribution in [0.4, 0.5) is 0 Å². The molecule has 0 bridgehead atoms. The molecule has 0 aliphatic rings. The third-order valence-corrected chi connectivity index (χ3v) is 3.04. The smallest absolute Gasteiger partial charge is 0.151 e. The van der Waals surface area contributed by atoms with E-state index in [4.69, 9.17) is 10.5 Å². The maximum atomic E-state index is 5.54. The summed E-state index contributed by atoms with van der Waals surface area (Å²) in [5.41, 5.74) is 6.77. The molecule has 0 saturated carbocycles. The topological polar surface area (TPSA) is 66.0 Å². The highest BCUT2D eigenvalue weighted by atomic mass is 16.5. The highest BCUT2D eigenvalue weighted by molar-refractivity contribution is 5.28. The predicted molar refractivity (Wildman–Crippen MR) is 74.2 cm³/mol. The summed E-state index contributed by atoms with van der Waals surface area (Å²) in [6.07, 6.45) is 2.50. The summed E-state index contributed by atoms with van der Waals surface area (Å²) in [7, 11) is 3.59. The number of aryl methyl sites for hydroxylation is 3. The molecule has 2 aromatic rings. The molecule has 2 N–H and O–H groups in total. The van der Waals surface area contributed by atoms with Gasteiger partial charge >= 0.3 is 0 Å². The highest BCUT2D eigenvalue weighted by Gasteiger charge is 2.06. The van der Waals surface area contributed by atoms with E-state index in [1.165, 1.54) is 5.56 Å². The lowest BCUT2D eigenvalue weighted by molar-refractivity contribution is 0.414. The molecule has 0 unspecified atom stereocenters. The number of hydrogen-bond donors (Lipinski definition) is 1. The third-order valence-electron chi connectivity index (χ3n) is 3.04. The van der Waals surface area contributed by atoms with Gasteiger partial charge in [0.15, 0.2) is 5.82 Å². The monoisotopic (exact) mass is 260 g/mol. The summed E-state index contributed by atoms with van der Waals surface area (Å²) in [6.45, 7) is 0.599. The van der Waals surface area contributed by atoms with Gasteiger partial charge < -0.3 is 10.5 Å². The van der Waals surface area contributed by atoms with Crippen molar-refractivity contribution >= 4 is 0 Å². The van der Waals surface area contributed by atoms with Crippen molar-refractivity contribution in [3.05, 3.63) is 41.5 Å². The van der Waals surface area contributed by atoms with Crippen LogP contribution in [0, 0.1) is 0 Å². The fourth-order valence-corrected chi connectivity index (χ4v) is 2.01. The first-order valence-corrected chi connectivity index (χ1v) is 6.44. The summed E-state index contributed by atoms with van der Waals surface area (Å²) >= 11 is 0. The van der Waals surface area contributed by atoms with Crippen molar-refractivity contribution in [2.45, 2.75) is 19.3 Å². The average Bonchev–Trinajstić information content (AvgIpc) is 2.78. The van der Waals surface area contributed by atoms with Crippen LogP contribution in [0.15, 0.2) is 24.3 Å². The molecule has 2 rings (SSSR count). The minimum Gasteiger partial charge on any atom is -0.497 e. The van der Waals surface area contributed by atoms with Crippen LogP contribution >= 0.6 is 0 Å². The lowest BCUT2D eigenvalue weighted by Gasteiger charge is -2.02. The molecular formula is C14H20N4O. The molecule has 0 radical (unpaired) electrons. The molecule has 1 aromatic heterocycles. The minimum absolute atomic E-state index is 0.599. The Morgan fingerprint density at radius 2 is 2.11 bits per heavy atom. The molecule has 0 spiro atoms.